The van der Waals surface area contributed by atoms with Crippen LogP contribution in [0.5, 0.6) is 0 Å². The van der Waals surface area contributed by atoms with Gasteiger partial charge in [0.05, 0.1) is 18.8 Å². The highest BCUT2D eigenvalue weighted by atomic mass is 127. The van der Waals surface area contributed by atoms with Crippen LogP contribution in [-0.2, 0) is 4.79 Å². The molecule has 0 spiro atoms. The number of quaternary nitrogens is 1. The van der Waals surface area contributed by atoms with Gasteiger partial charge in [-0.05, 0) is 13.8 Å². The summed E-state index contributed by atoms with van der Waals surface area (Å²) in [5.41, 5.74) is 4.03. The molecule has 1 unspecified atom stereocenters. The van der Waals surface area contributed by atoms with Crippen molar-refractivity contribution in [2.24, 2.45) is 0 Å². The Kier molecular flexibility index (Phi) is 8.16. The van der Waals surface area contributed by atoms with Crippen LogP contribution >= 0.6 is 0 Å². The van der Waals surface area contributed by atoms with E-state index in [4.69, 9.17) is 0 Å². The van der Waals surface area contributed by atoms with Crippen LogP contribution in [0, 0.1) is 0 Å². The van der Waals surface area contributed by atoms with Crippen LogP contribution in [0.3, 0.4) is 0 Å². The van der Waals surface area contributed by atoms with E-state index in [1.165, 1.54) is 14.1 Å². The molecule has 0 fully saturated rings. The summed E-state index contributed by atoms with van der Waals surface area (Å²) >= 11 is 0. The van der Waals surface area contributed by atoms with Crippen LogP contribution in [0.2, 0.25) is 0 Å². The first kappa shape index (κ1) is 18.5. The summed E-state index contributed by atoms with van der Waals surface area (Å²) in [6.45, 7) is 4.67. The summed E-state index contributed by atoms with van der Waals surface area (Å²) in [5.74, 6) is 0.139. The van der Waals surface area contributed by atoms with Crippen LogP contribution in [0.15, 0.2) is 11.8 Å². The third-order valence-corrected chi connectivity index (χ3v) is 2.25. The van der Waals surface area contributed by atoms with E-state index >= 15 is 0 Å². The molecule has 1 aliphatic rings. The monoisotopic (exact) mass is 356 g/mol. The number of carbonyl (C=O) groups excluding carboxylic acids is 2. The minimum absolute atomic E-state index is 0. The molecule has 0 saturated carbocycles. The second-order valence-corrected chi connectivity index (χ2v) is 3.95. The standard InChI is InChI=1S/C7H12N2O.C3H7NO2.HI/c1-4-9(3)7(10)5-6(2)8-9;1-4(2)3(5)6;/h5H,4H2,1-3H3;1-2H3,(H,5,6);1H/p-1. The lowest BCUT2D eigenvalue weighted by atomic mass is 10.4. The number of amides is 2. The van der Waals surface area contributed by atoms with E-state index in [1.807, 2.05) is 20.9 Å². The zero-order valence-corrected chi connectivity index (χ0v) is 12.9. The Morgan fingerprint density at radius 3 is 2.06 bits per heavy atom. The zero-order chi connectivity index (χ0) is 12.9. The van der Waals surface area contributed by atoms with Crippen LogP contribution < -0.4 is 34.5 Å². The van der Waals surface area contributed by atoms with Crippen molar-refractivity contribution in [1.82, 2.24) is 10.3 Å². The second kappa shape index (κ2) is 7.49. The summed E-state index contributed by atoms with van der Waals surface area (Å²) in [6, 6.07) is 0. The second-order valence-electron chi connectivity index (χ2n) is 3.95. The minimum atomic E-state index is -1.16. The molecule has 1 N–H and O–H groups in total. The molecule has 0 aromatic heterocycles. The first-order valence-corrected chi connectivity index (χ1v) is 4.98. The van der Waals surface area contributed by atoms with Crippen LogP contribution in [-0.4, -0.2) is 49.2 Å². The fourth-order valence-electron chi connectivity index (χ4n) is 1.04. The molecule has 1 heterocycles. The van der Waals surface area contributed by atoms with E-state index < -0.39 is 6.09 Å². The number of rotatable bonds is 1. The van der Waals surface area contributed by atoms with E-state index in [0.29, 0.717) is 4.59 Å². The van der Waals surface area contributed by atoms with Gasteiger partial charge in [0.1, 0.15) is 12.6 Å². The summed E-state index contributed by atoms with van der Waals surface area (Å²) in [4.78, 5) is 21.7. The van der Waals surface area contributed by atoms with Gasteiger partial charge in [-0.15, -0.1) is 0 Å². The fraction of sp³-hybridized carbons (Fsp3) is 0.600. The Bertz CT molecular complexity index is 318. The lowest BCUT2D eigenvalue weighted by Gasteiger charge is -2.24. The lowest BCUT2D eigenvalue weighted by molar-refractivity contribution is -0.866. The molecular formula is C10H19IN3O3-. The molecule has 1 atom stereocenters. The molecule has 0 aromatic rings. The quantitative estimate of drug-likeness (QED) is 0.388. The molecule has 0 radical (unpaired) electrons. The van der Waals surface area contributed by atoms with Crippen LogP contribution in [0.1, 0.15) is 13.8 Å². The van der Waals surface area contributed by atoms with Gasteiger partial charge in [-0.25, -0.2) is 10.2 Å². The van der Waals surface area contributed by atoms with Crippen LogP contribution in [0.25, 0.3) is 0 Å². The molecule has 0 aliphatic carbocycles. The number of nitrogens with one attached hydrogen (secondary N) is 1. The number of nitrogens with zero attached hydrogens (tertiary/aromatic N) is 2. The topological polar surface area (TPSA) is 72.5 Å². The third kappa shape index (κ3) is 5.87. The zero-order valence-electron chi connectivity index (χ0n) is 10.8. The molecule has 1 rings (SSSR count). The smallest absolute Gasteiger partial charge is 0.364 e. The van der Waals surface area contributed by atoms with Gasteiger partial charge in [0, 0.05) is 14.1 Å². The van der Waals surface area contributed by atoms with Gasteiger partial charge in [-0.2, -0.15) is 4.59 Å². The van der Waals surface area contributed by atoms with Crippen molar-refractivity contribution in [1.29, 1.82) is 0 Å². The average molecular weight is 356 g/mol. The molecule has 0 aromatic carbocycles. The number of allylic oxidation sites excluding steroid dienone is 1. The van der Waals surface area contributed by atoms with E-state index in [1.54, 1.807) is 6.08 Å². The largest absolute Gasteiger partial charge is 1.00 e. The highest BCUT2D eigenvalue weighted by Gasteiger charge is 2.33. The van der Waals surface area contributed by atoms with E-state index in [2.05, 4.69) is 5.43 Å². The number of hydrogen-bond acceptors (Lipinski definition) is 4. The summed E-state index contributed by atoms with van der Waals surface area (Å²) in [6.07, 6.45) is 0.485. The van der Waals surface area contributed by atoms with Gasteiger partial charge in [-0.1, -0.05) is 0 Å². The van der Waals surface area contributed by atoms with Crippen molar-refractivity contribution in [2.45, 2.75) is 13.8 Å². The van der Waals surface area contributed by atoms with Crippen molar-refractivity contribution in [3.8, 4) is 0 Å². The number of hydrogen-bond donors (Lipinski definition) is 1. The van der Waals surface area contributed by atoms with Gasteiger partial charge in [0.25, 0.3) is 0 Å². The lowest BCUT2D eigenvalue weighted by Crippen LogP contribution is -3.00. The number of carbonyl (C=O) groups is 2. The molecule has 17 heavy (non-hydrogen) atoms. The maximum Gasteiger partial charge on any atom is 0.364 e. The number of carboxylic acid groups (broad SMARTS) is 1. The van der Waals surface area contributed by atoms with Crippen molar-refractivity contribution < 1.29 is 43.3 Å². The highest BCUT2D eigenvalue weighted by Crippen LogP contribution is 2.10. The molecule has 0 bridgehead atoms. The van der Waals surface area contributed by atoms with Gasteiger partial charge < -0.3 is 38.8 Å². The van der Waals surface area contributed by atoms with Gasteiger partial charge in [0.2, 0.25) is 0 Å². The van der Waals surface area contributed by atoms with Crippen molar-refractivity contribution >= 4 is 12.0 Å². The summed E-state index contributed by atoms with van der Waals surface area (Å²) in [5, 5.41) is 9.51. The Morgan fingerprint density at radius 1 is 1.53 bits per heavy atom. The van der Waals surface area contributed by atoms with Gasteiger partial charge in [0.15, 0.2) is 0 Å². The van der Waals surface area contributed by atoms with Crippen LogP contribution in [0.4, 0.5) is 4.79 Å². The Hall–Kier alpha value is -0.830. The predicted octanol–water partition coefficient (Wildman–Crippen LogP) is -3.70. The highest BCUT2D eigenvalue weighted by molar-refractivity contribution is 5.83. The maximum absolute atomic E-state index is 11.2. The van der Waals surface area contributed by atoms with E-state index in [0.717, 1.165) is 17.1 Å². The van der Waals surface area contributed by atoms with Crippen molar-refractivity contribution in [2.75, 3.05) is 27.7 Å². The minimum Gasteiger partial charge on any atom is -1.00 e. The molecule has 1 aliphatic heterocycles. The normalized spacial score (nSPS) is 21.5. The Morgan fingerprint density at radius 2 is 1.94 bits per heavy atom. The van der Waals surface area contributed by atoms with E-state index in [9.17, 15) is 14.7 Å². The van der Waals surface area contributed by atoms with Gasteiger partial charge in [-0.3, -0.25) is 0 Å². The van der Waals surface area contributed by atoms with E-state index in [-0.39, 0.29) is 29.9 Å². The Balaban J connectivity index is 0. The molecule has 6 nitrogen and oxygen atoms in total. The molecular weight excluding hydrogens is 337 g/mol. The number of likely N-dealkylation sites (N-methyl/N-ethyl adjacent to an activating group) is 1. The fourth-order valence-corrected chi connectivity index (χ4v) is 1.04. The van der Waals surface area contributed by atoms with Crippen molar-refractivity contribution in [3.63, 3.8) is 0 Å². The SMILES string of the molecule is CC[N+]1(C)NC(C)=CC1=O.CN(C)C(=O)[O-].[I-]. The molecule has 100 valence electrons. The molecule has 0 saturated heterocycles. The summed E-state index contributed by atoms with van der Waals surface area (Å²) in [7, 11) is 4.69. The summed E-state index contributed by atoms with van der Waals surface area (Å²) < 4.78 is 0.311. The third-order valence-electron chi connectivity index (χ3n) is 2.25. The molecule has 7 heteroatoms. The molecule has 2 amide bonds. The first-order valence-electron chi connectivity index (χ1n) is 4.98. The first-order chi connectivity index (χ1) is 7.23. The maximum atomic E-state index is 11.2. The van der Waals surface area contributed by atoms with Gasteiger partial charge >= 0.3 is 5.91 Å². The van der Waals surface area contributed by atoms with Crippen molar-refractivity contribution in [3.05, 3.63) is 11.8 Å². The average Bonchev–Trinajstić information content (AvgIpc) is 2.42. The number of halogens is 1. The predicted molar refractivity (Wildman–Crippen MR) is 57.7 cm³/mol. The Labute approximate surface area is 119 Å².